The van der Waals surface area contributed by atoms with E-state index in [1.165, 1.54) is 6.92 Å². The zero-order valence-electron chi connectivity index (χ0n) is 11.1. The predicted molar refractivity (Wildman–Crippen MR) is 74.6 cm³/mol. The number of benzene rings is 2. The molecular weight excluding hydrogens is 262 g/mol. The number of carbonyl (C=O) groups excluding carboxylic acids is 1. The molecule has 0 aromatic heterocycles. The number of hydrogen-bond donors (Lipinski definition) is 2. The summed E-state index contributed by atoms with van der Waals surface area (Å²) in [5, 5.41) is 2.34. The maximum absolute atomic E-state index is 13.7. The first-order chi connectivity index (χ1) is 9.40. The molecule has 0 fully saturated rings. The Morgan fingerprint density at radius 2 is 1.80 bits per heavy atom. The van der Waals surface area contributed by atoms with Crippen molar-refractivity contribution in [1.82, 2.24) is 0 Å². The quantitative estimate of drug-likeness (QED) is 0.826. The molecule has 0 aliphatic heterocycles. The lowest BCUT2D eigenvalue weighted by Gasteiger charge is -2.11. The standard InChI is InChI=1S/C15H14F2N2O/c1-8-4-3-5-12(18)14(8)15(20)19-13-7-10(16)9(2)6-11(13)17/h3-7H,18H2,1-2H3,(H,19,20). The van der Waals surface area contributed by atoms with Crippen LogP contribution in [0.1, 0.15) is 21.5 Å². The smallest absolute Gasteiger partial charge is 0.258 e. The van der Waals surface area contributed by atoms with E-state index >= 15 is 0 Å². The second-order valence-electron chi connectivity index (χ2n) is 4.57. The highest BCUT2D eigenvalue weighted by Gasteiger charge is 2.15. The minimum absolute atomic E-state index is 0.177. The molecule has 0 aliphatic carbocycles. The van der Waals surface area contributed by atoms with Gasteiger partial charge in [0.05, 0.1) is 11.3 Å². The maximum atomic E-state index is 13.7. The summed E-state index contributed by atoms with van der Waals surface area (Å²) in [7, 11) is 0. The molecule has 0 spiro atoms. The van der Waals surface area contributed by atoms with Gasteiger partial charge in [0.25, 0.3) is 5.91 Å². The maximum Gasteiger partial charge on any atom is 0.258 e. The summed E-state index contributed by atoms with van der Waals surface area (Å²) in [5.41, 5.74) is 6.92. The topological polar surface area (TPSA) is 55.1 Å². The van der Waals surface area contributed by atoms with Crippen molar-refractivity contribution in [2.75, 3.05) is 11.1 Å². The third-order valence-corrected chi connectivity index (χ3v) is 3.03. The monoisotopic (exact) mass is 276 g/mol. The van der Waals surface area contributed by atoms with E-state index < -0.39 is 17.5 Å². The Morgan fingerprint density at radius 3 is 2.45 bits per heavy atom. The van der Waals surface area contributed by atoms with Crippen LogP contribution in [0.3, 0.4) is 0 Å². The third kappa shape index (κ3) is 2.61. The van der Waals surface area contributed by atoms with Gasteiger partial charge in [0, 0.05) is 11.8 Å². The van der Waals surface area contributed by atoms with E-state index in [1.807, 2.05) is 0 Å². The van der Waals surface area contributed by atoms with Crippen LogP contribution in [-0.4, -0.2) is 5.91 Å². The van der Waals surface area contributed by atoms with Crippen LogP contribution in [0.4, 0.5) is 20.2 Å². The molecule has 3 N–H and O–H groups in total. The first-order valence-electron chi connectivity index (χ1n) is 6.02. The van der Waals surface area contributed by atoms with E-state index in [0.29, 0.717) is 5.56 Å². The van der Waals surface area contributed by atoms with Crippen molar-refractivity contribution in [3.63, 3.8) is 0 Å². The van der Waals surface area contributed by atoms with E-state index in [4.69, 9.17) is 5.73 Å². The van der Waals surface area contributed by atoms with E-state index in [2.05, 4.69) is 5.32 Å². The van der Waals surface area contributed by atoms with Crippen LogP contribution in [0.15, 0.2) is 30.3 Å². The van der Waals surface area contributed by atoms with Crippen molar-refractivity contribution in [3.8, 4) is 0 Å². The van der Waals surface area contributed by atoms with Crippen molar-refractivity contribution in [1.29, 1.82) is 0 Å². The normalized spacial score (nSPS) is 10.4. The highest BCUT2D eigenvalue weighted by atomic mass is 19.1. The van der Waals surface area contributed by atoms with Crippen LogP contribution >= 0.6 is 0 Å². The minimum atomic E-state index is -0.690. The summed E-state index contributed by atoms with van der Waals surface area (Å²) < 4.78 is 27.1. The molecule has 0 saturated heterocycles. The Kier molecular flexibility index (Phi) is 3.70. The van der Waals surface area contributed by atoms with Crippen LogP contribution in [0.25, 0.3) is 0 Å². The third-order valence-electron chi connectivity index (χ3n) is 3.03. The van der Waals surface area contributed by atoms with E-state index in [-0.39, 0.29) is 22.5 Å². The highest BCUT2D eigenvalue weighted by Crippen LogP contribution is 2.22. The van der Waals surface area contributed by atoms with Crippen LogP contribution < -0.4 is 11.1 Å². The molecule has 2 aromatic carbocycles. The second-order valence-corrected chi connectivity index (χ2v) is 4.57. The fourth-order valence-corrected chi connectivity index (χ4v) is 1.93. The largest absolute Gasteiger partial charge is 0.398 e. The first-order valence-corrected chi connectivity index (χ1v) is 6.02. The van der Waals surface area contributed by atoms with Gasteiger partial charge in [0.1, 0.15) is 11.6 Å². The number of amides is 1. The number of rotatable bonds is 2. The number of nitrogen functional groups attached to an aromatic ring is 1. The van der Waals surface area contributed by atoms with Crippen LogP contribution in [0.5, 0.6) is 0 Å². The molecule has 0 bridgehead atoms. The molecule has 1 amide bonds. The van der Waals surface area contributed by atoms with Crippen molar-refractivity contribution in [2.45, 2.75) is 13.8 Å². The zero-order chi connectivity index (χ0) is 14.9. The molecule has 0 heterocycles. The summed E-state index contributed by atoms with van der Waals surface area (Å²) in [4.78, 5) is 12.1. The van der Waals surface area contributed by atoms with E-state index in [0.717, 1.165) is 12.1 Å². The molecule has 0 saturated carbocycles. The van der Waals surface area contributed by atoms with Crippen molar-refractivity contribution in [3.05, 3.63) is 58.7 Å². The average Bonchev–Trinajstić information content (AvgIpc) is 2.35. The second kappa shape index (κ2) is 5.28. The molecule has 0 atom stereocenters. The molecule has 3 nitrogen and oxygen atoms in total. The number of nitrogens with one attached hydrogen (secondary N) is 1. The number of aryl methyl sites for hydroxylation is 2. The Bertz CT molecular complexity index is 664. The van der Waals surface area contributed by atoms with Crippen molar-refractivity contribution >= 4 is 17.3 Å². The Hall–Kier alpha value is -2.43. The summed E-state index contributed by atoms with van der Waals surface area (Å²) in [6, 6.07) is 7.00. The molecule has 0 radical (unpaired) electrons. The molecule has 2 aromatic rings. The number of anilines is 2. The molecule has 20 heavy (non-hydrogen) atoms. The molecule has 2 rings (SSSR count). The van der Waals surface area contributed by atoms with Crippen LogP contribution in [0.2, 0.25) is 0 Å². The molecule has 0 unspecified atom stereocenters. The summed E-state index contributed by atoms with van der Waals surface area (Å²) in [6.45, 7) is 3.17. The lowest BCUT2D eigenvalue weighted by atomic mass is 10.1. The van der Waals surface area contributed by atoms with Gasteiger partial charge in [-0.05, 0) is 37.1 Å². The van der Waals surface area contributed by atoms with Crippen molar-refractivity contribution < 1.29 is 13.6 Å². The number of halogens is 2. The number of carbonyl (C=O) groups is 1. The van der Waals surface area contributed by atoms with Gasteiger partial charge in [-0.3, -0.25) is 4.79 Å². The van der Waals surface area contributed by atoms with Gasteiger partial charge in [0.2, 0.25) is 0 Å². The van der Waals surface area contributed by atoms with Gasteiger partial charge in [-0.1, -0.05) is 12.1 Å². The SMILES string of the molecule is Cc1cc(F)c(NC(=O)c2c(C)cccc2N)cc1F. The van der Waals surface area contributed by atoms with Gasteiger partial charge < -0.3 is 11.1 Å². The number of hydrogen-bond acceptors (Lipinski definition) is 2. The minimum Gasteiger partial charge on any atom is -0.398 e. The van der Waals surface area contributed by atoms with Crippen LogP contribution in [-0.2, 0) is 0 Å². The summed E-state index contributed by atoms with van der Waals surface area (Å²) >= 11 is 0. The van der Waals surface area contributed by atoms with Gasteiger partial charge in [-0.15, -0.1) is 0 Å². The summed E-state index contributed by atoms with van der Waals surface area (Å²) in [5.74, 6) is -1.84. The fraction of sp³-hybridized carbons (Fsp3) is 0.133. The van der Waals surface area contributed by atoms with Crippen molar-refractivity contribution in [2.24, 2.45) is 0 Å². The Balaban J connectivity index is 2.35. The van der Waals surface area contributed by atoms with Crippen LogP contribution in [0, 0.1) is 25.5 Å². The lowest BCUT2D eigenvalue weighted by Crippen LogP contribution is -2.16. The molecular formula is C15H14F2N2O. The lowest BCUT2D eigenvalue weighted by molar-refractivity contribution is 0.102. The zero-order valence-corrected chi connectivity index (χ0v) is 11.1. The Morgan fingerprint density at radius 1 is 1.10 bits per heavy atom. The van der Waals surface area contributed by atoms with E-state index in [1.54, 1.807) is 25.1 Å². The van der Waals surface area contributed by atoms with Gasteiger partial charge in [-0.2, -0.15) is 0 Å². The fourth-order valence-electron chi connectivity index (χ4n) is 1.93. The predicted octanol–water partition coefficient (Wildman–Crippen LogP) is 3.42. The summed E-state index contributed by atoms with van der Waals surface area (Å²) in [6.07, 6.45) is 0. The first kappa shape index (κ1) is 14.0. The molecule has 104 valence electrons. The average molecular weight is 276 g/mol. The Labute approximate surface area is 115 Å². The van der Waals surface area contributed by atoms with E-state index in [9.17, 15) is 13.6 Å². The number of nitrogens with two attached hydrogens (primary N) is 1. The highest BCUT2D eigenvalue weighted by molar-refractivity contribution is 6.08. The molecule has 0 aliphatic rings. The van der Waals surface area contributed by atoms with Gasteiger partial charge in [-0.25, -0.2) is 8.78 Å². The van der Waals surface area contributed by atoms with Gasteiger partial charge in [0.15, 0.2) is 0 Å². The van der Waals surface area contributed by atoms with Gasteiger partial charge >= 0.3 is 0 Å². The molecule has 5 heteroatoms.